The van der Waals surface area contributed by atoms with Crippen molar-refractivity contribution in [3.05, 3.63) is 11.1 Å². The van der Waals surface area contributed by atoms with Crippen LogP contribution in [-0.4, -0.2) is 36.1 Å². The number of likely N-dealkylation sites (tertiary alicyclic amines) is 1. The Morgan fingerprint density at radius 3 is 2.65 bits per heavy atom. The van der Waals surface area contributed by atoms with E-state index in [2.05, 4.69) is 22.1 Å². The van der Waals surface area contributed by atoms with Gasteiger partial charge in [-0.1, -0.05) is 24.7 Å². The Morgan fingerprint density at radius 1 is 1.35 bits per heavy atom. The molecule has 2 heterocycles. The van der Waals surface area contributed by atoms with E-state index in [-0.39, 0.29) is 0 Å². The Morgan fingerprint density at radius 2 is 2.05 bits per heavy atom. The van der Waals surface area contributed by atoms with E-state index in [1.807, 2.05) is 0 Å². The first kappa shape index (κ1) is 15.6. The van der Waals surface area contributed by atoms with Crippen molar-refractivity contribution in [3.63, 3.8) is 0 Å². The van der Waals surface area contributed by atoms with Gasteiger partial charge in [-0.15, -0.1) is 0 Å². The predicted molar refractivity (Wildman–Crippen MR) is 75.1 cm³/mol. The monoisotopic (exact) mass is 307 g/mol. The third-order valence-corrected chi connectivity index (χ3v) is 4.41. The van der Waals surface area contributed by atoms with Crippen molar-refractivity contribution in [1.82, 2.24) is 9.88 Å². The standard InChI is InChI=1S/C13H20F3N3S/c1-10(9-19-5-3-2-4-6-19)7-17-12-18-8-11(20-12)13(14,15)16/h8,10H,2-7,9H2,1H3,(H,17,18). The van der Waals surface area contributed by atoms with E-state index < -0.39 is 11.1 Å². The SMILES string of the molecule is CC(CNc1ncc(C(F)(F)F)s1)CN1CCCCC1. The van der Waals surface area contributed by atoms with Crippen molar-refractivity contribution in [3.8, 4) is 0 Å². The highest BCUT2D eigenvalue weighted by atomic mass is 32.1. The van der Waals surface area contributed by atoms with Gasteiger partial charge in [0.2, 0.25) is 0 Å². The van der Waals surface area contributed by atoms with Crippen LogP contribution in [0.2, 0.25) is 0 Å². The van der Waals surface area contributed by atoms with E-state index in [0.717, 1.165) is 25.8 Å². The largest absolute Gasteiger partial charge is 0.427 e. The van der Waals surface area contributed by atoms with Gasteiger partial charge in [0, 0.05) is 13.1 Å². The molecule has 114 valence electrons. The summed E-state index contributed by atoms with van der Waals surface area (Å²) in [6.07, 6.45) is 0.408. The minimum atomic E-state index is -4.29. The van der Waals surface area contributed by atoms with Gasteiger partial charge in [0.15, 0.2) is 5.13 Å². The highest BCUT2D eigenvalue weighted by Gasteiger charge is 2.33. The molecule has 0 radical (unpaired) electrons. The highest BCUT2D eigenvalue weighted by molar-refractivity contribution is 7.15. The van der Waals surface area contributed by atoms with Crippen LogP contribution >= 0.6 is 11.3 Å². The van der Waals surface area contributed by atoms with Crippen molar-refractivity contribution < 1.29 is 13.2 Å². The van der Waals surface area contributed by atoms with Crippen LogP contribution in [0.5, 0.6) is 0 Å². The summed E-state index contributed by atoms with van der Waals surface area (Å²) >= 11 is 0.667. The number of anilines is 1. The van der Waals surface area contributed by atoms with Crippen molar-refractivity contribution in [2.75, 3.05) is 31.5 Å². The van der Waals surface area contributed by atoms with Gasteiger partial charge < -0.3 is 10.2 Å². The first-order chi connectivity index (χ1) is 9.45. The zero-order valence-electron chi connectivity index (χ0n) is 11.5. The van der Waals surface area contributed by atoms with Gasteiger partial charge in [0.25, 0.3) is 0 Å². The molecule has 0 aromatic carbocycles. The van der Waals surface area contributed by atoms with Crippen LogP contribution < -0.4 is 5.32 Å². The van der Waals surface area contributed by atoms with Gasteiger partial charge in [-0.3, -0.25) is 0 Å². The third-order valence-electron chi connectivity index (χ3n) is 3.41. The predicted octanol–water partition coefficient (Wildman–Crippen LogP) is 3.70. The minimum absolute atomic E-state index is 0.350. The fraction of sp³-hybridized carbons (Fsp3) is 0.769. The van der Waals surface area contributed by atoms with Crippen molar-refractivity contribution in [1.29, 1.82) is 0 Å². The summed E-state index contributed by atoms with van der Waals surface area (Å²) < 4.78 is 37.3. The van der Waals surface area contributed by atoms with E-state index in [1.54, 1.807) is 0 Å². The number of nitrogens with zero attached hydrogens (tertiary/aromatic N) is 2. The number of hydrogen-bond donors (Lipinski definition) is 1. The van der Waals surface area contributed by atoms with E-state index in [1.165, 1.54) is 19.3 Å². The Bertz CT molecular complexity index is 413. The lowest BCUT2D eigenvalue weighted by Gasteiger charge is -2.29. The van der Waals surface area contributed by atoms with Crippen molar-refractivity contribution >= 4 is 16.5 Å². The van der Waals surface area contributed by atoms with Crippen molar-refractivity contribution in [2.24, 2.45) is 5.92 Å². The molecule has 1 atom stereocenters. The van der Waals surface area contributed by atoms with Crippen LogP contribution in [0, 0.1) is 5.92 Å². The molecular formula is C13H20F3N3S. The average molecular weight is 307 g/mol. The van der Waals surface area contributed by atoms with E-state index in [0.29, 0.717) is 28.9 Å². The first-order valence-electron chi connectivity index (χ1n) is 6.94. The fourth-order valence-corrected chi connectivity index (χ4v) is 3.09. The van der Waals surface area contributed by atoms with Crippen LogP contribution in [0.15, 0.2) is 6.20 Å². The number of nitrogens with one attached hydrogen (secondary N) is 1. The van der Waals surface area contributed by atoms with Crippen LogP contribution in [0.25, 0.3) is 0 Å². The zero-order valence-corrected chi connectivity index (χ0v) is 12.4. The summed E-state index contributed by atoms with van der Waals surface area (Å²) in [7, 11) is 0. The molecule has 1 aliphatic heterocycles. The molecule has 1 saturated heterocycles. The lowest BCUT2D eigenvalue weighted by molar-refractivity contribution is -0.134. The topological polar surface area (TPSA) is 28.2 Å². The summed E-state index contributed by atoms with van der Waals surface area (Å²) in [5, 5.41) is 3.36. The quantitative estimate of drug-likeness (QED) is 0.899. The molecule has 1 fully saturated rings. The molecule has 1 unspecified atom stereocenters. The lowest BCUT2D eigenvalue weighted by Crippen LogP contribution is -2.35. The summed E-state index contributed by atoms with van der Waals surface area (Å²) in [6.45, 7) is 6.03. The van der Waals surface area contributed by atoms with Crippen LogP contribution in [0.3, 0.4) is 0 Å². The lowest BCUT2D eigenvalue weighted by atomic mass is 10.1. The van der Waals surface area contributed by atoms with Crippen LogP contribution in [0.4, 0.5) is 18.3 Å². The Balaban J connectivity index is 1.75. The molecule has 1 aromatic heterocycles. The maximum absolute atomic E-state index is 12.4. The molecule has 0 spiro atoms. The van der Waals surface area contributed by atoms with E-state index in [4.69, 9.17) is 0 Å². The second-order valence-corrected chi connectivity index (χ2v) is 6.41. The number of piperidine rings is 1. The van der Waals surface area contributed by atoms with Gasteiger partial charge in [-0.2, -0.15) is 13.2 Å². The number of hydrogen-bond acceptors (Lipinski definition) is 4. The number of aromatic nitrogens is 1. The number of halogens is 3. The average Bonchev–Trinajstić information content (AvgIpc) is 2.86. The molecule has 0 bridgehead atoms. The molecule has 0 saturated carbocycles. The molecule has 0 aliphatic carbocycles. The summed E-state index contributed by atoms with van der Waals surface area (Å²) in [4.78, 5) is 5.56. The first-order valence-corrected chi connectivity index (χ1v) is 7.76. The highest BCUT2D eigenvalue weighted by Crippen LogP contribution is 2.34. The maximum atomic E-state index is 12.4. The van der Waals surface area contributed by atoms with Gasteiger partial charge in [-0.25, -0.2) is 4.98 Å². The second kappa shape index (κ2) is 6.76. The molecule has 1 aliphatic rings. The summed E-state index contributed by atoms with van der Waals surface area (Å²) in [5.41, 5.74) is 0. The fourth-order valence-electron chi connectivity index (χ4n) is 2.40. The van der Waals surface area contributed by atoms with Crippen molar-refractivity contribution in [2.45, 2.75) is 32.4 Å². The molecular weight excluding hydrogens is 287 g/mol. The van der Waals surface area contributed by atoms with E-state index >= 15 is 0 Å². The zero-order chi connectivity index (χ0) is 14.6. The minimum Gasteiger partial charge on any atom is -0.361 e. The molecule has 20 heavy (non-hydrogen) atoms. The molecule has 1 aromatic rings. The Hall–Kier alpha value is -0.820. The van der Waals surface area contributed by atoms with Gasteiger partial charge in [0.1, 0.15) is 4.88 Å². The van der Waals surface area contributed by atoms with Crippen LogP contribution in [-0.2, 0) is 6.18 Å². The normalized spacial score (nSPS) is 19.0. The summed E-state index contributed by atoms with van der Waals surface area (Å²) in [5.74, 6) is 0.395. The number of thiazole rings is 1. The molecule has 7 heteroatoms. The number of alkyl halides is 3. The van der Waals surface area contributed by atoms with Gasteiger partial charge in [0.05, 0.1) is 6.20 Å². The smallest absolute Gasteiger partial charge is 0.361 e. The van der Waals surface area contributed by atoms with E-state index in [9.17, 15) is 13.2 Å². The molecule has 1 N–H and O–H groups in total. The molecule has 3 nitrogen and oxygen atoms in total. The maximum Gasteiger partial charge on any atom is 0.427 e. The van der Waals surface area contributed by atoms with Crippen LogP contribution in [0.1, 0.15) is 31.1 Å². The summed E-state index contributed by atoms with van der Waals surface area (Å²) in [6, 6.07) is 0. The number of rotatable bonds is 5. The third kappa shape index (κ3) is 4.63. The molecule has 2 rings (SSSR count). The second-order valence-electron chi connectivity index (χ2n) is 5.37. The van der Waals surface area contributed by atoms with Gasteiger partial charge >= 0.3 is 6.18 Å². The Labute approximate surface area is 121 Å². The molecule has 0 amide bonds. The van der Waals surface area contributed by atoms with Gasteiger partial charge in [-0.05, 0) is 31.8 Å². The Kier molecular flexibility index (Phi) is 5.26.